The van der Waals surface area contributed by atoms with Crippen molar-refractivity contribution in [2.24, 2.45) is 5.92 Å². The summed E-state index contributed by atoms with van der Waals surface area (Å²) >= 11 is 0. The lowest BCUT2D eigenvalue weighted by Crippen LogP contribution is -2.31. The summed E-state index contributed by atoms with van der Waals surface area (Å²) in [7, 11) is 0. The van der Waals surface area contributed by atoms with Crippen LogP contribution in [0, 0.1) is 17.6 Å². The Morgan fingerprint density at radius 1 is 1.24 bits per heavy atom. The molecule has 29 heavy (non-hydrogen) atoms. The van der Waals surface area contributed by atoms with Gasteiger partial charge in [0.2, 0.25) is 0 Å². The molecule has 1 fully saturated rings. The van der Waals surface area contributed by atoms with Gasteiger partial charge in [0.1, 0.15) is 11.5 Å². The van der Waals surface area contributed by atoms with E-state index in [4.69, 9.17) is 0 Å². The Labute approximate surface area is 166 Å². The van der Waals surface area contributed by atoms with Crippen LogP contribution in [0.25, 0.3) is 5.69 Å². The van der Waals surface area contributed by atoms with Crippen molar-refractivity contribution in [2.45, 2.75) is 24.8 Å². The standard InChI is InChI=1S/C22H19F2N3O2/c23-14-6-7-19(17(24)10-14)27-21-15-8-13(15)9-16(21)20(26-27)22(29)25-18(11-28)12-4-2-1-3-5-12/h1-7,10,13,15,18,28H,8-9,11H2,(H,25,29)/t13-,15-,18-/m1/s1. The summed E-state index contributed by atoms with van der Waals surface area (Å²) in [6, 6.07) is 12.0. The molecule has 3 atom stereocenters. The number of halogens is 2. The summed E-state index contributed by atoms with van der Waals surface area (Å²) in [5.74, 6) is -1.08. The molecule has 0 unspecified atom stereocenters. The van der Waals surface area contributed by atoms with Gasteiger partial charge in [-0.25, -0.2) is 13.5 Å². The van der Waals surface area contributed by atoms with Crippen molar-refractivity contribution in [3.8, 4) is 5.69 Å². The van der Waals surface area contributed by atoms with Crippen molar-refractivity contribution >= 4 is 5.91 Å². The van der Waals surface area contributed by atoms with Crippen molar-refractivity contribution in [1.82, 2.24) is 15.1 Å². The molecule has 148 valence electrons. The molecule has 2 N–H and O–H groups in total. The van der Waals surface area contributed by atoms with Crippen molar-refractivity contribution in [3.63, 3.8) is 0 Å². The molecule has 0 radical (unpaired) electrons. The monoisotopic (exact) mass is 395 g/mol. The van der Waals surface area contributed by atoms with Gasteiger partial charge in [-0.05, 0) is 36.5 Å². The number of aromatic nitrogens is 2. The second-order valence-corrected chi connectivity index (χ2v) is 7.65. The average molecular weight is 395 g/mol. The highest BCUT2D eigenvalue weighted by atomic mass is 19.1. The molecule has 2 aliphatic carbocycles. The van der Waals surface area contributed by atoms with E-state index in [0.29, 0.717) is 5.92 Å². The molecule has 1 aromatic heterocycles. The number of amides is 1. The number of benzene rings is 2. The summed E-state index contributed by atoms with van der Waals surface area (Å²) in [6.45, 7) is -0.253. The van der Waals surface area contributed by atoms with E-state index in [-0.39, 0.29) is 23.9 Å². The number of aliphatic hydroxyl groups excluding tert-OH is 1. The van der Waals surface area contributed by atoms with Gasteiger partial charge in [0.15, 0.2) is 11.5 Å². The zero-order chi connectivity index (χ0) is 20.1. The number of nitrogens with zero attached hydrogens (tertiary/aromatic N) is 2. The summed E-state index contributed by atoms with van der Waals surface area (Å²) < 4.78 is 29.2. The summed E-state index contributed by atoms with van der Waals surface area (Å²) in [5, 5.41) is 17.0. The van der Waals surface area contributed by atoms with Gasteiger partial charge < -0.3 is 10.4 Å². The van der Waals surface area contributed by atoms with Gasteiger partial charge in [-0.15, -0.1) is 0 Å². The minimum absolute atomic E-state index is 0.135. The van der Waals surface area contributed by atoms with Crippen LogP contribution in [0.3, 0.4) is 0 Å². The van der Waals surface area contributed by atoms with Crippen LogP contribution in [-0.2, 0) is 6.42 Å². The lowest BCUT2D eigenvalue weighted by Gasteiger charge is -2.16. The number of rotatable bonds is 5. The molecule has 3 aromatic rings. The molecule has 0 spiro atoms. The molecule has 5 nitrogen and oxygen atoms in total. The van der Waals surface area contributed by atoms with E-state index >= 15 is 0 Å². The van der Waals surface area contributed by atoms with Gasteiger partial charge in [0.25, 0.3) is 5.91 Å². The molecule has 0 bridgehead atoms. The highest BCUT2D eigenvalue weighted by Gasteiger charge is 2.50. The maximum absolute atomic E-state index is 14.4. The SMILES string of the molecule is O=C(N[C@H](CO)c1ccccc1)c1nn(-c2ccc(F)cc2F)c2c1C[C@H]1C[C@@H]21. The summed E-state index contributed by atoms with van der Waals surface area (Å²) in [6.07, 6.45) is 1.71. The lowest BCUT2D eigenvalue weighted by atomic mass is 10.1. The number of carbonyl (C=O) groups is 1. The second-order valence-electron chi connectivity index (χ2n) is 7.65. The Morgan fingerprint density at radius 3 is 2.76 bits per heavy atom. The first-order valence-corrected chi connectivity index (χ1v) is 9.60. The molecule has 1 amide bonds. The van der Waals surface area contributed by atoms with Crippen LogP contribution in [0.2, 0.25) is 0 Å². The second kappa shape index (κ2) is 6.77. The number of carbonyl (C=O) groups excluding carboxylic acids is 1. The first kappa shape index (κ1) is 18.0. The zero-order valence-electron chi connectivity index (χ0n) is 15.5. The third kappa shape index (κ3) is 3.02. The lowest BCUT2D eigenvalue weighted by molar-refractivity contribution is 0.0909. The Bertz CT molecular complexity index is 1100. The van der Waals surface area contributed by atoms with Gasteiger partial charge in [-0.2, -0.15) is 5.10 Å². The fraction of sp³-hybridized carbons (Fsp3) is 0.273. The number of aliphatic hydroxyl groups is 1. The first-order valence-electron chi connectivity index (χ1n) is 9.60. The van der Waals surface area contributed by atoms with Crippen LogP contribution in [0.15, 0.2) is 48.5 Å². The van der Waals surface area contributed by atoms with Crippen LogP contribution < -0.4 is 5.32 Å². The Kier molecular flexibility index (Phi) is 4.20. The molecule has 1 heterocycles. The van der Waals surface area contributed by atoms with E-state index in [0.717, 1.165) is 35.7 Å². The van der Waals surface area contributed by atoms with Crippen LogP contribution in [0.1, 0.15) is 45.7 Å². The predicted molar refractivity (Wildman–Crippen MR) is 102 cm³/mol. The third-order valence-corrected chi connectivity index (χ3v) is 5.81. The maximum atomic E-state index is 14.4. The minimum Gasteiger partial charge on any atom is -0.394 e. The number of hydrogen-bond donors (Lipinski definition) is 2. The van der Waals surface area contributed by atoms with Crippen molar-refractivity contribution < 1.29 is 18.7 Å². The van der Waals surface area contributed by atoms with E-state index in [2.05, 4.69) is 10.4 Å². The molecule has 2 aromatic carbocycles. The van der Waals surface area contributed by atoms with E-state index in [1.54, 1.807) is 0 Å². The van der Waals surface area contributed by atoms with Crippen molar-refractivity contribution in [1.29, 1.82) is 0 Å². The van der Waals surface area contributed by atoms with Crippen LogP contribution >= 0.6 is 0 Å². The molecular formula is C22H19F2N3O2. The van der Waals surface area contributed by atoms with Gasteiger partial charge in [0.05, 0.1) is 18.3 Å². The van der Waals surface area contributed by atoms with Crippen LogP contribution in [0.4, 0.5) is 8.78 Å². The van der Waals surface area contributed by atoms with E-state index in [9.17, 15) is 18.7 Å². The predicted octanol–water partition coefficient (Wildman–Crippen LogP) is 3.27. The Morgan fingerprint density at radius 2 is 2.03 bits per heavy atom. The molecule has 7 heteroatoms. The van der Waals surface area contributed by atoms with Gasteiger partial charge >= 0.3 is 0 Å². The summed E-state index contributed by atoms with van der Waals surface area (Å²) in [4.78, 5) is 13.0. The molecule has 5 rings (SSSR count). The van der Waals surface area contributed by atoms with Crippen LogP contribution in [0.5, 0.6) is 0 Å². The smallest absolute Gasteiger partial charge is 0.272 e. The highest BCUT2D eigenvalue weighted by Crippen LogP contribution is 2.57. The number of fused-ring (bicyclic) bond motifs is 3. The topological polar surface area (TPSA) is 67.2 Å². The fourth-order valence-electron chi connectivity index (χ4n) is 4.28. The largest absolute Gasteiger partial charge is 0.394 e. The molecular weight excluding hydrogens is 376 g/mol. The number of nitrogens with one attached hydrogen (secondary N) is 1. The normalized spacial score (nSPS) is 20.1. The first-order chi connectivity index (χ1) is 14.1. The third-order valence-electron chi connectivity index (χ3n) is 5.81. The van der Waals surface area contributed by atoms with E-state index in [1.807, 2.05) is 30.3 Å². The Balaban J connectivity index is 1.51. The van der Waals surface area contributed by atoms with Crippen molar-refractivity contribution in [2.75, 3.05) is 6.61 Å². The average Bonchev–Trinajstić information content (AvgIpc) is 3.23. The molecule has 1 saturated carbocycles. The fourth-order valence-corrected chi connectivity index (χ4v) is 4.28. The van der Waals surface area contributed by atoms with Crippen molar-refractivity contribution in [3.05, 3.63) is 82.7 Å². The molecule has 2 aliphatic rings. The number of hydrogen-bond acceptors (Lipinski definition) is 3. The van der Waals surface area contributed by atoms with Gasteiger partial charge in [0, 0.05) is 17.5 Å². The Hall–Kier alpha value is -3.06. The van der Waals surface area contributed by atoms with Gasteiger partial charge in [-0.1, -0.05) is 30.3 Å². The quantitative estimate of drug-likeness (QED) is 0.697. The zero-order valence-corrected chi connectivity index (χ0v) is 15.5. The summed E-state index contributed by atoms with van der Waals surface area (Å²) in [5.41, 5.74) is 2.82. The van der Waals surface area contributed by atoms with E-state index < -0.39 is 23.6 Å². The van der Waals surface area contributed by atoms with Gasteiger partial charge in [-0.3, -0.25) is 4.79 Å². The van der Waals surface area contributed by atoms with Crippen LogP contribution in [-0.4, -0.2) is 27.4 Å². The maximum Gasteiger partial charge on any atom is 0.272 e. The molecule has 0 saturated heterocycles. The van der Waals surface area contributed by atoms with E-state index in [1.165, 1.54) is 16.8 Å². The molecule has 0 aliphatic heterocycles. The minimum atomic E-state index is -0.719. The highest BCUT2D eigenvalue weighted by molar-refractivity contribution is 5.94.